The Hall–Kier alpha value is -0.970. The summed E-state index contributed by atoms with van der Waals surface area (Å²) in [5, 5.41) is 3.86. The third-order valence-corrected chi connectivity index (χ3v) is 5.15. The van der Waals surface area contributed by atoms with Crippen molar-refractivity contribution in [3.63, 3.8) is 0 Å². The molecule has 0 spiro atoms. The van der Waals surface area contributed by atoms with Gasteiger partial charge in [-0.3, -0.25) is 4.79 Å². The van der Waals surface area contributed by atoms with Crippen LogP contribution in [-0.4, -0.2) is 43.6 Å². The second kappa shape index (κ2) is 10.1. The molecule has 0 atom stereocenters. The van der Waals surface area contributed by atoms with Crippen molar-refractivity contribution >= 4 is 29.1 Å². The Balaban J connectivity index is 1.54. The normalized spacial score (nSPS) is 16.1. The zero-order valence-corrected chi connectivity index (χ0v) is 15.7. The molecule has 0 unspecified atom stereocenters. The van der Waals surface area contributed by atoms with E-state index in [0.29, 0.717) is 41.8 Å². The lowest BCUT2D eigenvalue weighted by Gasteiger charge is -2.30. The monoisotopic (exact) mass is 372 g/mol. The third kappa shape index (κ3) is 6.50. The summed E-state index contributed by atoms with van der Waals surface area (Å²) in [5.41, 5.74) is 0. The van der Waals surface area contributed by atoms with Gasteiger partial charge in [0.2, 0.25) is 5.91 Å². The molecule has 1 saturated heterocycles. The number of carbonyl (C=O) groups is 1. The molecule has 134 valence electrons. The highest BCUT2D eigenvalue weighted by molar-refractivity contribution is 6.42. The van der Waals surface area contributed by atoms with Crippen LogP contribution in [0.15, 0.2) is 18.2 Å². The maximum atomic E-state index is 11.8. The number of ether oxygens (including phenoxy) is 1. The molecule has 6 heteroatoms. The summed E-state index contributed by atoms with van der Waals surface area (Å²) in [6.45, 7) is 6.69. The number of nitrogens with one attached hydrogen (secondary N) is 1. The van der Waals surface area contributed by atoms with Crippen molar-refractivity contribution in [1.82, 2.24) is 10.2 Å². The summed E-state index contributed by atoms with van der Waals surface area (Å²) < 4.78 is 5.57. The van der Waals surface area contributed by atoms with Gasteiger partial charge in [-0.2, -0.15) is 0 Å². The topological polar surface area (TPSA) is 41.6 Å². The van der Waals surface area contributed by atoms with Crippen LogP contribution in [0.25, 0.3) is 0 Å². The molecule has 1 aliphatic heterocycles. The third-order valence-electron chi connectivity index (χ3n) is 4.35. The van der Waals surface area contributed by atoms with E-state index in [2.05, 4.69) is 17.1 Å². The van der Waals surface area contributed by atoms with Crippen LogP contribution >= 0.6 is 23.2 Å². The summed E-state index contributed by atoms with van der Waals surface area (Å²) in [6.07, 6.45) is 3.62. The highest BCUT2D eigenvalue weighted by Gasteiger charge is 2.15. The van der Waals surface area contributed by atoms with E-state index in [-0.39, 0.29) is 5.91 Å². The highest BCUT2D eigenvalue weighted by Crippen LogP contribution is 2.31. The number of amides is 1. The Labute approximate surface area is 154 Å². The van der Waals surface area contributed by atoms with Gasteiger partial charge >= 0.3 is 0 Å². The first kappa shape index (κ1) is 19.4. The lowest BCUT2D eigenvalue weighted by Crippen LogP contribution is -2.39. The molecule has 1 aromatic carbocycles. The van der Waals surface area contributed by atoms with Crippen molar-refractivity contribution in [2.75, 3.05) is 32.8 Å². The molecule has 1 amide bonds. The standard InChI is InChI=1S/C18H26Cl2N2O2/c1-14-7-10-22(11-8-14)12-9-21-17(23)6-3-13-24-16-5-2-4-15(19)18(16)20/h2,4-5,14H,3,6-13H2,1H3,(H,21,23). The minimum absolute atomic E-state index is 0.0705. The number of likely N-dealkylation sites (tertiary alicyclic amines) is 1. The molecule has 0 aliphatic carbocycles. The summed E-state index contributed by atoms with van der Waals surface area (Å²) in [5.74, 6) is 1.47. The smallest absolute Gasteiger partial charge is 0.220 e. The van der Waals surface area contributed by atoms with Crippen LogP contribution in [0.3, 0.4) is 0 Å². The largest absolute Gasteiger partial charge is 0.492 e. The molecule has 0 saturated carbocycles. The second-order valence-corrected chi connectivity index (χ2v) is 7.16. The SMILES string of the molecule is CC1CCN(CCNC(=O)CCCOc2cccc(Cl)c2Cl)CC1. The van der Waals surface area contributed by atoms with E-state index in [1.54, 1.807) is 18.2 Å². The average Bonchev–Trinajstić information content (AvgIpc) is 2.57. The van der Waals surface area contributed by atoms with E-state index in [1.165, 1.54) is 12.8 Å². The summed E-state index contributed by atoms with van der Waals surface area (Å²) in [7, 11) is 0. The lowest BCUT2D eigenvalue weighted by atomic mass is 9.99. The Morgan fingerprint density at radius 2 is 2.08 bits per heavy atom. The number of benzene rings is 1. The van der Waals surface area contributed by atoms with Crippen molar-refractivity contribution < 1.29 is 9.53 Å². The molecule has 0 aromatic heterocycles. The fraction of sp³-hybridized carbons (Fsp3) is 0.611. The van der Waals surface area contributed by atoms with Crippen LogP contribution in [0.5, 0.6) is 5.75 Å². The van der Waals surface area contributed by atoms with Crippen LogP contribution in [0.2, 0.25) is 10.0 Å². The maximum Gasteiger partial charge on any atom is 0.220 e. The van der Waals surface area contributed by atoms with Crippen molar-refractivity contribution in [2.24, 2.45) is 5.92 Å². The molecule has 1 aliphatic rings. The molecule has 1 aromatic rings. The van der Waals surface area contributed by atoms with Crippen LogP contribution in [0.1, 0.15) is 32.6 Å². The number of carbonyl (C=O) groups excluding carboxylic acids is 1. The number of hydrogen-bond acceptors (Lipinski definition) is 3. The zero-order chi connectivity index (χ0) is 17.4. The molecule has 2 rings (SSSR count). The summed E-state index contributed by atoms with van der Waals surface area (Å²) in [6, 6.07) is 5.28. The number of piperidine rings is 1. The van der Waals surface area contributed by atoms with Crippen LogP contribution < -0.4 is 10.1 Å². The first-order chi connectivity index (χ1) is 11.6. The van der Waals surface area contributed by atoms with Crippen molar-refractivity contribution in [3.8, 4) is 5.75 Å². The molecular formula is C18H26Cl2N2O2. The van der Waals surface area contributed by atoms with Gasteiger partial charge in [0.1, 0.15) is 10.8 Å². The fourth-order valence-corrected chi connectivity index (χ4v) is 3.08. The van der Waals surface area contributed by atoms with E-state index in [4.69, 9.17) is 27.9 Å². The molecular weight excluding hydrogens is 347 g/mol. The Morgan fingerprint density at radius 1 is 1.33 bits per heavy atom. The minimum atomic E-state index is 0.0705. The van der Waals surface area contributed by atoms with Crippen molar-refractivity contribution in [1.29, 1.82) is 0 Å². The number of nitrogens with zero attached hydrogens (tertiary/aromatic N) is 1. The molecule has 1 N–H and O–H groups in total. The number of rotatable bonds is 8. The van der Waals surface area contributed by atoms with Gasteiger partial charge in [0.25, 0.3) is 0 Å². The molecule has 24 heavy (non-hydrogen) atoms. The Kier molecular flexibility index (Phi) is 8.16. The van der Waals surface area contributed by atoms with Gasteiger partial charge in [-0.15, -0.1) is 0 Å². The molecule has 1 heterocycles. The highest BCUT2D eigenvalue weighted by atomic mass is 35.5. The van der Waals surface area contributed by atoms with E-state index >= 15 is 0 Å². The van der Waals surface area contributed by atoms with Crippen molar-refractivity contribution in [3.05, 3.63) is 28.2 Å². The van der Waals surface area contributed by atoms with Gasteiger partial charge in [-0.05, 0) is 50.4 Å². The lowest BCUT2D eigenvalue weighted by molar-refractivity contribution is -0.121. The second-order valence-electron chi connectivity index (χ2n) is 6.38. The minimum Gasteiger partial charge on any atom is -0.492 e. The predicted molar refractivity (Wildman–Crippen MR) is 99.0 cm³/mol. The number of hydrogen-bond donors (Lipinski definition) is 1. The average molecular weight is 373 g/mol. The Bertz CT molecular complexity index is 532. The van der Waals surface area contributed by atoms with E-state index in [9.17, 15) is 4.79 Å². The van der Waals surface area contributed by atoms with Crippen LogP contribution in [0.4, 0.5) is 0 Å². The molecule has 1 fully saturated rings. The fourth-order valence-electron chi connectivity index (χ4n) is 2.74. The van der Waals surface area contributed by atoms with E-state index < -0.39 is 0 Å². The maximum absolute atomic E-state index is 11.8. The van der Waals surface area contributed by atoms with Gasteiger partial charge in [0, 0.05) is 19.5 Å². The zero-order valence-electron chi connectivity index (χ0n) is 14.2. The molecule has 0 radical (unpaired) electrons. The molecule has 0 bridgehead atoms. The van der Waals surface area contributed by atoms with Crippen LogP contribution in [0, 0.1) is 5.92 Å². The summed E-state index contributed by atoms with van der Waals surface area (Å²) >= 11 is 12.0. The first-order valence-corrected chi connectivity index (χ1v) is 9.37. The quantitative estimate of drug-likeness (QED) is 0.701. The van der Waals surface area contributed by atoms with Gasteiger partial charge in [0.15, 0.2) is 0 Å². The van der Waals surface area contributed by atoms with E-state index in [1.807, 2.05) is 0 Å². The Morgan fingerprint density at radius 3 is 2.83 bits per heavy atom. The van der Waals surface area contributed by atoms with Gasteiger partial charge in [0.05, 0.1) is 11.6 Å². The summed E-state index contributed by atoms with van der Waals surface area (Å²) in [4.78, 5) is 14.3. The van der Waals surface area contributed by atoms with Crippen LogP contribution in [-0.2, 0) is 4.79 Å². The first-order valence-electron chi connectivity index (χ1n) is 8.62. The number of halogens is 2. The van der Waals surface area contributed by atoms with Crippen molar-refractivity contribution in [2.45, 2.75) is 32.6 Å². The predicted octanol–water partition coefficient (Wildman–Crippen LogP) is 4.00. The van der Waals surface area contributed by atoms with Gasteiger partial charge in [-0.1, -0.05) is 36.2 Å². The van der Waals surface area contributed by atoms with E-state index in [0.717, 1.165) is 25.6 Å². The van der Waals surface area contributed by atoms with Gasteiger partial charge in [-0.25, -0.2) is 0 Å². The van der Waals surface area contributed by atoms with Gasteiger partial charge < -0.3 is 15.0 Å². The molecule has 4 nitrogen and oxygen atoms in total.